The number of nitrogens with zero attached hydrogens (tertiary/aromatic N) is 1. The van der Waals surface area contributed by atoms with Gasteiger partial charge in [0.1, 0.15) is 0 Å². The number of para-hydroxylation sites is 3. The summed E-state index contributed by atoms with van der Waals surface area (Å²) in [6.07, 6.45) is 0. The Morgan fingerprint density at radius 2 is 1.07 bits per heavy atom. The van der Waals surface area contributed by atoms with Gasteiger partial charge in [-0.25, -0.2) is 0 Å². The molecule has 0 bridgehead atoms. The molecule has 7 aromatic carbocycles. The molecule has 0 aliphatic rings. The minimum absolute atomic E-state index is 1.15. The van der Waals surface area contributed by atoms with Gasteiger partial charge in [0, 0.05) is 58.5 Å². The average molecular weight is 591 g/mol. The van der Waals surface area contributed by atoms with Crippen LogP contribution in [0.3, 0.4) is 0 Å². The summed E-state index contributed by atoms with van der Waals surface area (Å²) < 4.78 is 5.07. The molecule has 3 aromatic heterocycles. The Morgan fingerprint density at radius 3 is 1.87 bits per heavy atom. The third kappa shape index (κ3) is 3.62. The maximum atomic E-state index is 3.79. The summed E-state index contributed by atoms with van der Waals surface area (Å²) >= 11 is 1.88. The molecule has 2 nitrogen and oxygen atoms in total. The second kappa shape index (κ2) is 9.43. The summed E-state index contributed by atoms with van der Waals surface area (Å²) in [5.74, 6) is 0. The van der Waals surface area contributed by atoms with Gasteiger partial charge in [-0.3, -0.25) is 0 Å². The molecule has 10 rings (SSSR count). The molecule has 0 aliphatic carbocycles. The van der Waals surface area contributed by atoms with Crippen molar-refractivity contribution in [3.63, 3.8) is 0 Å². The summed E-state index contributed by atoms with van der Waals surface area (Å²) in [6.45, 7) is 0. The van der Waals surface area contributed by atoms with E-state index < -0.39 is 0 Å². The minimum Gasteiger partial charge on any atom is -0.354 e. The van der Waals surface area contributed by atoms with E-state index in [1.165, 1.54) is 86.2 Å². The highest BCUT2D eigenvalue weighted by molar-refractivity contribution is 7.26. The van der Waals surface area contributed by atoms with Gasteiger partial charge in [-0.15, -0.1) is 11.3 Å². The molecule has 0 amide bonds. The lowest BCUT2D eigenvalue weighted by Gasteiger charge is -2.09. The fraction of sp³-hybridized carbons (Fsp3) is 0. The van der Waals surface area contributed by atoms with Crippen molar-refractivity contribution < 1.29 is 0 Å². The standard InChI is InChI=1S/C42H26N2S/c1-4-19-38-31(12-1)32-13-2-5-20-39(32)44(38)28-22-23-37-36(25-28)34-17-8-15-29(41(34)43-37)26-10-7-11-27(24-26)30-16-9-18-35-33-14-3-6-21-40(33)45-42(30)35/h1-25,43H. The van der Waals surface area contributed by atoms with Gasteiger partial charge in [0.25, 0.3) is 0 Å². The van der Waals surface area contributed by atoms with Crippen molar-refractivity contribution in [2.45, 2.75) is 0 Å². The predicted octanol–water partition coefficient (Wildman–Crippen LogP) is 12.1. The smallest absolute Gasteiger partial charge is 0.0544 e. The van der Waals surface area contributed by atoms with Gasteiger partial charge in [0.2, 0.25) is 0 Å². The van der Waals surface area contributed by atoms with Crippen molar-refractivity contribution in [1.29, 1.82) is 0 Å². The Hall–Kier alpha value is -5.64. The SMILES string of the molecule is c1cc(-c2cccc3c2[nH]c2ccc(-n4c5ccccc5c5ccccc54)cc23)cc(-c2cccc3c2sc2ccccc23)c1. The predicted molar refractivity (Wildman–Crippen MR) is 194 cm³/mol. The summed E-state index contributed by atoms with van der Waals surface area (Å²) in [4.78, 5) is 3.79. The topological polar surface area (TPSA) is 20.7 Å². The molecule has 45 heavy (non-hydrogen) atoms. The van der Waals surface area contributed by atoms with E-state index >= 15 is 0 Å². The Kier molecular flexibility index (Phi) is 5.19. The minimum atomic E-state index is 1.15. The number of aromatic amines is 1. The summed E-state index contributed by atoms with van der Waals surface area (Å²) in [6, 6.07) is 55.3. The van der Waals surface area contributed by atoms with Crippen LogP contribution in [0.5, 0.6) is 0 Å². The van der Waals surface area contributed by atoms with E-state index in [0.717, 1.165) is 5.52 Å². The molecule has 0 atom stereocenters. The highest BCUT2D eigenvalue weighted by atomic mass is 32.1. The van der Waals surface area contributed by atoms with E-state index in [9.17, 15) is 0 Å². The zero-order chi connectivity index (χ0) is 29.5. The van der Waals surface area contributed by atoms with Crippen LogP contribution < -0.4 is 0 Å². The van der Waals surface area contributed by atoms with Gasteiger partial charge >= 0.3 is 0 Å². The first-order valence-electron chi connectivity index (χ1n) is 15.4. The van der Waals surface area contributed by atoms with Crippen LogP contribution in [0.15, 0.2) is 152 Å². The van der Waals surface area contributed by atoms with Gasteiger partial charge in [-0.1, -0.05) is 109 Å². The van der Waals surface area contributed by atoms with Crippen molar-refractivity contribution >= 4 is 75.1 Å². The van der Waals surface area contributed by atoms with E-state index in [2.05, 4.69) is 161 Å². The van der Waals surface area contributed by atoms with Crippen molar-refractivity contribution in [1.82, 2.24) is 9.55 Å². The zero-order valence-corrected chi connectivity index (χ0v) is 25.1. The first kappa shape index (κ1) is 24.8. The highest BCUT2D eigenvalue weighted by Crippen LogP contribution is 2.42. The second-order valence-electron chi connectivity index (χ2n) is 11.8. The number of H-pyrrole nitrogens is 1. The number of thiophene rings is 1. The van der Waals surface area contributed by atoms with E-state index in [-0.39, 0.29) is 0 Å². The van der Waals surface area contributed by atoms with Crippen molar-refractivity contribution in [3.8, 4) is 27.9 Å². The van der Waals surface area contributed by atoms with Crippen LogP contribution in [0.4, 0.5) is 0 Å². The van der Waals surface area contributed by atoms with Crippen LogP contribution in [-0.2, 0) is 0 Å². The van der Waals surface area contributed by atoms with Gasteiger partial charge in [-0.2, -0.15) is 0 Å². The molecular formula is C42H26N2S. The van der Waals surface area contributed by atoms with E-state index in [0.29, 0.717) is 0 Å². The zero-order valence-electron chi connectivity index (χ0n) is 24.3. The van der Waals surface area contributed by atoms with Crippen LogP contribution in [-0.4, -0.2) is 9.55 Å². The number of hydrogen-bond acceptors (Lipinski definition) is 1. The first-order chi connectivity index (χ1) is 22.3. The van der Waals surface area contributed by atoms with E-state index in [1.807, 2.05) is 11.3 Å². The Labute approximate surface area is 263 Å². The van der Waals surface area contributed by atoms with Gasteiger partial charge in [0.05, 0.1) is 16.6 Å². The number of fused-ring (bicyclic) bond motifs is 9. The normalized spacial score (nSPS) is 12.0. The van der Waals surface area contributed by atoms with Crippen molar-refractivity contribution in [2.75, 3.05) is 0 Å². The van der Waals surface area contributed by atoms with Gasteiger partial charge < -0.3 is 9.55 Å². The third-order valence-electron chi connectivity index (χ3n) is 9.34. The molecule has 210 valence electrons. The maximum Gasteiger partial charge on any atom is 0.0544 e. The number of aromatic nitrogens is 2. The summed E-state index contributed by atoms with van der Waals surface area (Å²) in [5, 5.41) is 7.69. The van der Waals surface area contributed by atoms with E-state index in [4.69, 9.17) is 0 Å². The second-order valence-corrected chi connectivity index (χ2v) is 12.9. The molecule has 0 unspecified atom stereocenters. The number of hydrogen-bond donors (Lipinski definition) is 1. The lowest BCUT2D eigenvalue weighted by atomic mass is 9.96. The fourth-order valence-electron chi connectivity index (χ4n) is 7.32. The lowest BCUT2D eigenvalue weighted by Crippen LogP contribution is -1.93. The fourth-order valence-corrected chi connectivity index (χ4v) is 8.56. The van der Waals surface area contributed by atoms with Crippen LogP contribution >= 0.6 is 11.3 Å². The van der Waals surface area contributed by atoms with Crippen LogP contribution in [0.1, 0.15) is 0 Å². The Bertz CT molecular complexity index is 2720. The molecular weight excluding hydrogens is 565 g/mol. The highest BCUT2D eigenvalue weighted by Gasteiger charge is 2.16. The largest absolute Gasteiger partial charge is 0.354 e. The van der Waals surface area contributed by atoms with Gasteiger partial charge in [-0.05, 0) is 59.2 Å². The van der Waals surface area contributed by atoms with Crippen LogP contribution in [0, 0.1) is 0 Å². The summed E-state index contributed by atoms with van der Waals surface area (Å²) in [7, 11) is 0. The van der Waals surface area contributed by atoms with Crippen LogP contribution in [0.2, 0.25) is 0 Å². The molecule has 0 saturated heterocycles. The van der Waals surface area contributed by atoms with Crippen molar-refractivity contribution in [3.05, 3.63) is 152 Å². The average Bonchev–Trinajstić information content (AvgIpc) is 3.77. The van der Waals surface area contributed by atoms with Crippen molar-refractivity contribution in [2.24, 2.45) is 0 Å². The molecule has 0 saturated carbocycles. The maximum absolute atomic E-state index is 3.79. The quantitative estimate of drug-likeness (QED) is 0.211. The molecule has 0 aliphatic heterocycles. The molecule has 1 N–H and O–H groups in total. The number of nitrogens with one attached hydrogen (secondary N) is 1. The van der Waals surface area contributed by atoms with Crippen LogP contribution in [0.25, 0.3) is 91.7 Å². The molecule has 0 fully saturated rings. The molecule has 10 aromatic rings. The molecule has 3 heteroatoms. The Balaban J connectivity index is 1.14. The van der Waals surface area contributed by atoms with E-state index in [1.54, 1.807) is 0 Å². The molecule has 0 spiro atoms. The number of benzene rings is 7. The summed E-state index contributed by atoms with van der Waals surface area (Å²) in [5.41, 5.74) is 10.9. The monoisotopic (exact) mass is 590 g/mol. The molecule has 3 heterocycles. The van der Waals surface area contributed by atoms with Gasteiger partial charge in [0.15, 0.2) is 0 Å². The third-order valence-corrected chi connectivity index (χ3v) is 10.6. The lowest BCUT2D eigenvalue weighted by molar-refractivity contribution is 1.19. The Morgan fingerprint density at radius 1 is 0.444 bits per heavy atom. The molecule has 0 radical (unpaired) electrons. The first-order valence-corrected chi connectivity index (χ1v) is 16.2. The number of rotatable bonds is 3.